The molecule has 156 valence electrons. The zero-order valence-electron chi connectivity index (χ0n) is 18.0. The summed E-state index contributed by atoms with van der Waals surface area (Å²) >= 11 is 0. The van der Waals surface area contributed by atoms with Gasteiger partial charge < -0.3 is 9.32 Å². The molecule has 1 fully saturated rings. The first-order chi connectivity index (χ1) is 14.6. The van der Waals surface area contributed by atoms with Gasteiger partial charge in [-0.25, -0.2) is 0 Å². The quantitative estimate of drug-likeness (QED) is 0.539. The Morgan fingerprint density at radius 1 is 1.00 bits per heavy atom. The Bertz CT molecular complexity index is 1020. The summed E-state index contributed by atoms with van der Waals surface area (Å²) in [5.74, 6) is 1.21. The average Bonchev–Trinajstić information content (AvgIpc) is 3.22. The van der Waals surface area contributed by atoms with Crippen LogP contribution < -0.4 is 0 Å². The lowest BCUT2D eigenvalue weighted by Crippen LogP contribution is -2.41. The highest BCUT2D eigenvalue weighted by Crippen LogP contribution is 2.30. The van der Waals surface area contributed by atoms with E-state index in [1.807, 2.05) is 30.3 Å². The maximum atomic E-state index is 13.1. The Hall–Kier alpha value is -2.95. The molecule has 4 rings (SSSR count). The summed E-state index contributed by atoms with van der Waals surface area (Å²) in [5.41, 5.74) is 4.98. The van der Waals surface area contributed by atoms with E-state index in [1.165, 1.54) is 19.3 Å². The number of aryl methyl sites for hydroxylation is 2. The van der Waals surface area contributed by atoms with Crippen molar-refractivity contribution in [3.8, 4) is 22.6 Å². The van der Waals surface area contributed by atoms with Crippen LogP contribution in [-0.4, -0.2) is 33.6 Å². The molecule has 1 aliphatic rings. The maximum absolute atomic E-state index is 13.1. The van der Waals surface area contributed by atoms with Crippen LogP contribution in [0.4, 0.5) is 0 Å². The molecule has 1 amide bonds. The molecule has 0 unspecified atom stereocenters. The topological polar surface area (TPSA) is 59.2 Å². The van der Waals surface area contributed by atoms with E-state index >= 15 is 0 Å². The van der Waals surface area contributed by atoms with E-state index in [2.05, 4.69) is 41.1 Å². The Kier molecular flexibility index (Phi) is 5.98. The van der Waals surface area contributed by atoms with Crippen molar-refractivity contribution in [2.24, 2.45) is 0 Å². The molecule has 0 aliphatic heterocycles. The lowest BCUT2D eigenvalue weighted by molar-refractivity contribution is 0.0648. The molecule has 2 aromatic carbocycles. The number of hydrogen-bond donors (Lipinski definition) is 0. The molecule has 1 saturated carbocycles. The summed E-state index contributed by atoms with van der Waals surface area (Å²) in [7, 11) is 0. The van der Waals surface area contributed by atoms with Crippen LogP contribution in [-0.2, 0) is 0 Å². The predicted octanol–water partition coefficient (Wildman–Crippen LogP) is 5.82. The molecule has 0 N–H and O–H groups in total. The van der Waals surface area contributed by atoms with E-state index in [4.69, 9.17) is 4.42 Å². The highest BCUT2D eigenvalue weighted by molar-refractivity contribution is 5.95. The first-order valence-corrected chi connectivity index (χ1v) is 10.9. The largest absolute Gasteiger partial charge is 0.421 e. The van der Waals surface area contributed by atoms with Crippen molar-refractivity contribution in [3.05, 3.63) is 59.5 Å². The first-order valence-electron chi connectivity index (χ1n) is 10.9. The number of benzene rings is 2. The smallest absolute Gasteiger partial charge is 0.254 e. The number of carbonyl (C=O) groups is 1. The Morgan fingerprint density at radius 3 is 2.33 bits per heavy atom. The molecule has 0 radical (unpaired) electrons. The molecule has 0 saturated heterocycles. The van der Waals surface area contributed by atoms with E-state index in [0.717, 1.165) is 47.2 Å². The van der Waals surface area contributed by atoms with Crippen molar-refractivity contribution >= 4 is 5.91 Å². The normalized spacial score (nSPS) is 14.6. The van der Waals surface area contributed by atoms with Crippen molar-refractivity contribution in [1.29, 1.82) is 0 Å². The van der Waals surface area contributed by atoms with Crippen molar-refractivity contribution in [2.45, 2.75) is 58.9 Å². The SMILES string of the molecule is CCN(C(=O)c1ccc(-c2cc(-c3nnc(C)o3)ccc2C)cc1)C1CCCCC1. The lowest BCUT2D eigenvalue weighted by Gasteiger charge is -2.33. The second kappa shape index (κ2) is 8.82. The van der Waals surface area contributed by atoms with Gasteiger partial charge in [0.25, 0.3) is 5.91 Å². The van der Waals surface area contributed by atoms with E-state index in [1.54, 1.807) is 6.92 Å². The number of nitrogens with zero attached hydrogens (tertiary/aromatic N) is 3. The molecule has 3 aromatic rings. The Morgan fingerprint density at radius 2 is 1.70 bits per heavy atom. The van der Waals surface area contributed by atoms with Gasteiger partial charge in [-0.2, -0.15) is 0 Å². The summed E-state index contributed by atoms with van der Waals surface area (Å²) in [6.45, 7) is 6.71. The van der Waals surface area contributed by atoms with Gasteiger partial charge in [0.15, 0.2) is 0 Å². The minimum Gasteiger partial charge on any atom is -0.421 e. The molecule has 5 nitrogen and oxygen atoms in total. The van der Waals surface area contributed by atoms with Gasteiger partial charge in [0.05, 0.1) is 0 Å². The summed E-state index contributed by atoms with van der Waals surface area (Å²) in [6.07, 6.45) is 5.99. The summed E-state index contributed by atoms with van der Waals surface area (Å²) in [6, 6.07) is 14.5. The van der Waals surface area contributed by atoms with Gasteiger partial charge in [-0.1, -0.05) is 37.5 Å². The molecule has 1 aromatic heterocycles. The average molecular weight is 404 g/mol. The molecular formula is C25H29N3O2. The second-order valence-electron chi connectivity index (χ2n) is 8.12. The highest BCUT2D eigenvalue weighted by Gasteiger charge is 2.25. The van der Waals surface area contributed by atoms with Crippen molar-refractivity contribution in [3.63, 3.8) is 0 Å². The van der Waals surface area contributed by atoms with Crippen molar-refractivity contribution in [1.82, 2.24) is 15.1 Å². The fraction of sp³-hybridized carbons (Fsp3) is 0.400. The maximum Gasteiger partial charge on any atom is 0.254 e. The van der Waals surface area contributed by atoms with Crippen LogP contribution in [0.1, 0.15) is 60.8 Å². The predicted molar refractivity (Wildman–Crippen MR) is 118 cm³/mol. The van der Waals surface area contributed by atoms with Gasteiger partial charge in [0.1, 0.15) is 0 Å². The molecule has 0 bridgehead atoms. The second-order valence-corrected chi connectivity index (χ2v) is 8.12. The molecule has 0 atom stereocenters. The van der Waals surface area contributed by atoms with Crippen LogP contribution in [0.2, 0.25) is 0 Å². The van der Waals surface area contributed by atoms with Crippen LogP contribution in [0.3, 0.4) is 0 Å². The molecule has 30 heavy (non-hydrogen) atoms. The van der Waals surface area contributed by atoms with Gasteiger partial charge in [-0.3, -0.25) is 4.79 Å². The van der Waals surface area contributed by atoms with Gasteiger partial charge in [-0.05, 0) is 67.6 Å². The Balaban J connectivity index is 1.58. The minimum absolute atomic E-state index is 0.141. The van der Waals surface area contributed by atoms with E-state index in [9.17, 15) is 4.79 Å². The van der Waals surface area contributed by atoms with Gasteiger partial charge in [0.2, 0.25) is 11.8 Å². The fourth-order valence-electron chi connectivity index (χ4n) is 4.40. The third-order valence-corrected chi connectivity index (χ3v) is 6.07. The van der Waals surface area contributed by atoms with Crippen LogP contribution >= 0.6 is 0 Å². The summed E-state index contributed by atoms with van der Waals surface area (Å²) in [4.78, 5) is 15.2. The minimum atomic E-state index is 0.141. The number of rotatable bonds is 5. The third-order valence-electron chi connectivity index (χ3n) is 6.07. The lowest BCUT2D eigenvalue weighted by atomic mass is 9.93. The monoisotopic (exact) mass is 403 g/mol. The number of aromatic nitrogens is 2. The summed E-state index contributed by atoms with van der Waals surface area (Å²) in [5, 5.41) is 8.05. The van der Waals surface area contributed by atoms with Crippen LogP contribution in [0.25, 0.3) is 22.6 Å². The van der Waals surface area contributed by atoms with Crippen LogP contribution in [0.15, 0.2) is 46.9 Å². The first kappa shape index (κ1) is 20.3. The Labute approximate surface area is 178 Å². The van der Waals surface area contributed by atoms with Gasteiger partial charge in [0, 0.05) is 30.6 Å². The fourth-order valence-corrected chi connectivity index (χ4v) is 4.40. The van der Waals surface area contributed by atoms with E-state index in [-0.39, 0.29) is 5.91 Å². The van der Waals surface area contributed by atoms with Gasteiger partial charge >= 0.3 is 0 Å². The standard InChI is InChI=1S/C25H29N3O2/c1-4-28(22-8-6-5-7-9-22)25(29)20-14-12-19(13-15-20)23-16-21(11-10-17(23)2)24-27-26-18(3)30-24/h10-16,22H,4-9H2,1-3H3. The highest BCUT2D eigenvalue weighted by atomic mass is 16.4. The van der Waals surface area contributed by atoms with Crippen molar-refractivity contribution < 1.29 is 9.21 Å². The zero-order chi connectivity index (χ0) is 21.1. The zero-order valence-corrected chi connectivity index (χ0v) is 18.0. The summed E-state index contributed by atoms with van der Waals surface area (Å²) < 4.78 is 5.57. The number of amides is 1. The van der Waals surface area contributed by atoms with Crippen LogP contribution in [0, 0.1) is 13.8 Å². The van der Waals surface area contributed by atoms with E-state index in [0.29, 0.717) is 17.8 Å². The van der Waals surface area contributed by atoms with E-state index < -0.39 is 0 Å². The third kappa shape index (κ3) is 4.16. The molecule has 1 heterocycles. The van der Waals surface area contributed by atoms with Crippen molar-refractivity contribution in [2.75, 3.05) is 6.54 Å². The molecule has 0 spiro atoms. The molecule has 1 aliphatic carbocycles. The van der Waals surface area contributed by atoms with Crippen LogP contribution in [0.5, 0.6) is 0 Å². The molecule has 5 heteroatoms. The number of hydrogen-bond acceptors (Lipinski definition) is 4. The molecular weight excluding hydrogens is 374 g/mol. The number of carbonyl (C=O) groups excluding carboxylic acids is 1. The van der Waals surface area contributed by atoms with Gasteiger partial charge in [-0.15, -0.1) is 10.2 Å².